The smallest absolute Gasteiger partial charge is 0.410 e. The Balaban J connectivity index is 2.20. The molecule has 6 nitrogen and oxygen atoms in total. The molecule has 6 heteroatoms. The second kappa shape index (κ2) is 9.45. The number of nitrogens with zero attached hydrogens (tertiary/aromatic N) is 2. The monoisotopic (exact) mass is 328 g/mol. The first-order valence-corrected chi connectivity index (χ1v) is 8.87. The summed E-state index contributed by atoms with van der Waals surface area (Å²) < 4.78 is 5.43. The molecule has 1 amide bonds. The van der Waals surface area contributed by atoms with Gasteiger partial charge < -0.3 is 20.7 Å². The molecule has 2 unspecified atom stereocenters. The van der Waals surface area contributed by atoms with Crippen molar-refractivity contribution in [3.63, 3.8) is 0 Å². The lowest BCUT2D eigenvalue weighted by molar-refractivity contribution is 0.0108. The quantitative estimate of drug-likeness (QED) is 0.695. The van der Waals surface area contributed by atoms with Crippen molar-refractivity contribution in [1.29, 1.82) is 0 Å². The molecule has 0 aromatic carbocycles. The summed E-state index contributed by atoms with van der Waals surface area (Å²) in [6.45, 7) is 15.3. The molecule has 1 aliphatic rings. The van der Waals surface area contributed by atoms with Gasteiger partial charge in [0, 0.05) is 38.3 Å². The molecular formula is C17H36N4O2. The fourth-order valence-electron chi connectivity index (χ4n) is 2.62. The molecule has 0 spiro atoms. The zero-order valence-corrected chi connectivity index (χ0v) is 15.6. The van der Waals surface area contributed by atoms with Gasteiger partial charge in [-0.2, -0.15) is 0 Å². The van der Waals surface area contributed by atoms with E-state index in [0.29, 0.717) is 6.04 Å². The second-order valence-corrected chi connectivity index (χ2v) is 7.66. The number of carbonyl (C=O) groups is 1. The van der Waals surface area contributed by atoms with Gasteiger partial charge >= 0.3 is 6.09 Å². The molecular weight excluding hydrogens is 292 g/mol. The van der Waals surface area contributed by atoms with Gasteiger partial charge in [0.25, 0.3) is 0 Å². The summed E-state index contributed by atoms with van der Waals surface area (Å²) in [6, 6.07) is 0.791. The van der Waals surface area contributed by atoms with Crippen LogP contribution in [0, 0.1) is 0 Å². The topological polar surface area (TPSA) is 70.8 Å². The highest BCUT2D eigenvalue weighted by Gasteiger charge is 2.27. The Morgan fingerprint density at radius 2 is 1.70 bits per heavy atom. The van der Waals surface area contributed by atoms with Crippen molar-refractivity contribution < 1.29 is 9.53 Å². The molecule has 0 saturated carbocycles. The van der Waals surface area contributed by atoms with Crippen LogP contribution in [0.2, 0.25) is 0 Å². The molecule has 136 valence electrons. The summed E-state index contributed by atoms with van der Waals surface area (Å²) >= 11 is 0. The van der Waals surface area contributed by atoms with Gasteiger partial charge in [0.2, 0.25) is 0 Å². The zero-order valence-electron chi connectivity index (χ0n) is 15.6. The van der Waals surface area contributed by atoms with Crippen molar-refractivity contribution in [3.8, 4) is 0 Å². The molecule has 0 aliphatic carbocycles. The van der Waals surface area contributed by atoms with E-state index in [0.717, 1.165) is 52.1 Å². The molecule has 1 saturated heterocycles. The van der Waals surface area contributed by atoms with E-state index in [9.17, 15) is 4.79 Å². The third kappa shape index (κ3) is 8.53. The number of ether oxygens (including phenoxy) is 1. The minimum Gasteiger partial charge on any atom is -0.444 e. The lowest BCUT2D eigenvalue weighted by Gasteiger charge is -2.38. The normalized spacial score (nSPS) is 19.5. The van der Waals surface area contributed by atoms with Gasteiger partial charge in [-0.05, 0) is 60.5 Å². The van der Waals surface area contributed by atoms with Gasteiger partial charge in [-0.25, -0.2) is 4.79 Å². The standard InChI is InChI=1S/C17H36N4O2/c1-14(18)6-8-19-9-7-15(2)20-10-12-21(13-11-20)16(22)23-17(3,4)5/h14-15,19H,6-13,18H2,1-5H3. The summed E-state index contributed by atoms with van der Waals surface area (Å²) in [6.07, 6.45) is 1.94. The van der Waals surface area contributed by atoms with E-state index in [-0.39, 0.29) is 12.1 Å². The Morgan fingerprint density at radius 3 is 2.22 bits per heavy atom. The van der Waals surface area contributed by atoms with E-state index in [1.807, 2.05) is 32.6 Å². The highest BCUT2D eigenvalue weighted by Crippen LogP contribution is 2.13. The van der Waals surface area contributed by atoms with Crippen LogP contribution in [-0.2, 0) is 4.74 Å². The number of amides is 1. The van der Waals surface area contributed by atoms with E-state index < -0.39 is 5.60 Å². The summed E-state index contributed by atoms with van der Waals surface area (Å²) in [4.78, 5) is 16.3. The van der Waals surface area contributed by atoms with Crippen molar-refractivity contribution in [2.24, 2.45) is 5.73 Å². The first-order valence-electron chi connectivity index (χ1n) is 8.87. The van der Waals surface area contributed by atoms with Gasteiger partial charge in [-0.15, -0.1) is 0 Å². The van der Waals surface area contributed by atoms with Crippen LogP contribution in [0.5, 0.6) is 0 Å². The van der Waals surface area contributed by atoms with Crippen molar-refractivity contribution in [2.45, 2.75) is 65.1 Å². The molecule has 0 aromatic rings. The highest BCUT2D eigenvalue weighted by molar-refractivity contribution is 5.68. The Morgan fingerprint density at radius 1 is 1.13 bits per heavy atom. The molecule has 0 aromatic heterocycles. The lowest BCUT2D eigenvalue weighted by atomic mass is 10.1. The number of piperazine rings is 1. The maximum atomic E-state index is 12.1. The fraction of sp³-hybridized carbons (Fsp3) is 0.941. The predicted molar refractivity (Wildman–Crippen MR) is 94.6 cm³/mol. The Kier molecular flexibility index (Phi) is 8.29. The lowest BCUT2D eigenvalue weighted by Crippen LogP contribution is -2.52. The van der Waals surface area contributed by atoms with Crippen LogP contribution in [0.15, 0.2) is 0 Å². The Labute approximate surface area is 141 Å². The third-order valence-corrected chi connectivity index (χ3v) is 4.10. The highest BCUT2D eigenvalue weighted by atomic mass is 16.6. The zero-order chi connectivity index (χ0) is 17.5. The minimum atomic E-state index is -0.422. The first kappa shape index (κ1) is 20.2. The molecule has 23 heavy (non-hydrogen) atoms. The van der Waals surface area contributed by atoms with Gasteiger partial charge in [0.1, 0.15) is 5.60 Å². The maximum absolute atomic E-state index is 12.1. The largest absolute Gasteiger partial charge is 0.444 e. The first-order chi connectivity index (χ1) is 10.7. The minimum absolute atomic E-state index is 0.192. The van der Waals surface area contributed by atoms with Gasteiger partial charge in [-0.3, -0.25) is 4.90 Å². The summed E-state index contributed by atoms with van der Waals surface area (Å²) in [5, 5.41) is 3.45. The number of carbonyl (C=O) groups excluding carboxylic acids is 1. The van der Waals surface area contributed by atoms with Crippen LogP contribution in [0.3, 0.4) is 0 Å². The number of nitrogens with one attached hydrogen (secondary N) is 1. The molecule has 2 atom stereocenters. The molecule has 3 N–H and O–H groups in total. The summed E-state index contributed by atoms with van der Waals surface area (Å²) in [5.41, 5.74) is 5.31. The average Bonchev–Trinajstić information content (AvgIpc) is 2.44. The predicted octanol–water partition coefficient (Wildman–Crippen LogP) is 1.64. The number of hydrogen-bond acceptors (Lipinski definition) is 5. The molecule has 0 bridgehead atoms. The van der Waals surface area contributed by atoms with Crippen molar-refractivity contribution in [2.75, 3.05) is 39.3 Å². The maximum Gasteiger partial charge on any atom is 0.410 e. The molecule has 0 radical (unpaired) electrons. The van der Waals surface area contributed by atoms with Gasteiger partial charge in [0.15, 0.2) is 0 Å². The van der Waals surface area contributed by atoms with E-state index >= 15 is 0 Å². The third-order valence-electron chi connectivity index (χ3n) is 4.10. The van der Waals surface area contributed by atoms with E-state index in [1.165, 1.54) is 0 Å². The second-order valence-electron chi connectivity index (χ2n) is 7.66. The van der Waals surface area contributed by atoms with E-state index in [1.54, 1.807) is 0 Å². The number of hydrogen-bond donors (Lipinski definition) is 2. The van der Waals surface area contributed by atoms with Gasteiger partial charge in [-0.1, -0.05) is 0 Å². The molecule has 1 aliphatic heterocycles. The molecule has 1 heterocycles. The van der Waals surface area contributed by atoms with E-state index in [4.69, 9.17) is 10.5 Å². The van der Waals surface area contributed by atoms with Gasteiger partial charge in [0.05, 0.1) is 0 Å². The van der Waals surface area contributed by atoms with Crippen molar-refractivity contribution >= 4 is 6.09 Å². The Hall–Kier alpha value is -0.850. The van der Waals surface area contributed by atoms with Crippen LogP contribution >= 0.6 is 0 Å². The summed E-state index contributed by atoms with van der Waals surface area (Å²) in [5.74, 6) is 0. The van der Waals surface area contributed by atoms with Crippen LogP contribution in [0.1, 0.15) is 47.5 Å². The number of rotatable bonds is 7. The molecule has 1 rings (SSSR count). The summed E-state index contributed by atoms with van der Waals surface area (Å²) in [7, 11) is 0. The van der Waals surface area contributed by atoms with Crippen LogP contribution in [0.25, 0.3) is 0 Å². The molecule has 1 fully saturated rings. The van der Waals surface area contributed by atoms with Crippen molar-refractivity contribution in [3.05, 3.63) is 0 Å². The Bertz CT molecular complexity index is 347. The fourth-order valence-corrected chi connectivity index (χ4v) is 2.62. The van der Waals surface area contributed by atoms with E-state index in [2.05, 4.69) is 17.1 Å². The average molecular weight is 329 g/mol. The van der Waals surface area contributed by atoms with Crippen LogP contribution in [0.4, 0.5) is 4.79 Å². The SMILES string of the molecule is CC(N)CCNCCC(C)N1CCN(C(=O)OC(C)(C)C)CC1. The van der Waals surface area contributed by atoms with Crippen LogP contribution in [-0.4, -0.2) is 72.8 Å². The number of nitrogens with two attached hydrogens (primary N) is 1. The van der Waals surface area contributed by atoms with Crippen molar-refractivity contribution in [1.82, 2.24) is 15.1 Å². The van der Waals surface area contributed by atoms with Crippen LogP contribution < -0.4 is 11.1 Å².